The van der Waals surface area contributed by atoms with Gasteiger partial charge in [0.25, 0.3) is 0 Å². The predicted octanol–water partition coefficient (Wildman–Crippen LogP) is 1.30. The maximum absolute atomic E-state index is 12.7. The van der Waals surface area contributed by atoms with E-state index in [2.05, 4.69) is 15.5 Å². The molecule has 0 spiro atoms. The van der Waals surface area contributed by atoms with Crippen molar-refractivity contribution >= 4 is 41.8 Å². The first-order chi connectivity index (χ1) is 13.4. The molecule has 9 heteroatoms. The Bertz CT molecular complexity index is 556. The lowest BCUT2D eigenvalue weighted by Crippen LogP contribution is -2.50. The van der Waals surface area contributed by atoms with Gasteiger partial charge in [0.05, 0.1) is 25.2 Å². The smallest absolute Gasteiger partial charge is 0.227 e. The highest BCUT2D eigenvalue weighted by molar-refractivity contribution is 14.0. The molecule has 2 aliphatic rings. The van der Waals surface area contributed by atoms with Gasteiger partial charge in [0.1, 0.15) is 0 Å². The lowest BCUT2D eigenvalue weighted by Gasteiger charge is -2.37. The quantitative estimate of drug-likeness (QED) is 0.312. The number of halogens is 1. The summed E-state index contributed by atoms with van der Waals surface area (Å²) in [5.41, 5.74) is -0.554. The Morgan fingerprint density at radius 3 is 2.14 bits per heavy atom. The molecule has 0 unspecified atom stereocenters. The summed E-state index contributed by atoms with van der Waals surface area (Å²) in [4.78, 5) is 33.8. The van der Waals surface area contributed by atoms with Crippen molar-refractivity contribution in [1.29, 1.82) is 0 Å². The average Bonchev–Trinajstić information content (AvgIpc) is 2.71. The molecule has 2 rings (SSSR count). The molecule has 2 amide bonds. The molecule has 0 aromatic rings. The number of nitrogens with one attached hydrogen (secondary N) is 2. The summed E-state index contributed by atoms with van der Waals surface area (Å²) >= 11 is 0. The number of carbonyl (C=O) groups excluding carboxylic acids is 2. The van der Waals surface area contributed by atoms with Crippen LogP contribution in [0.2, 0.25) is 0 Å². The van der Waals surface area contributed by atoms with Gasteiger partial charge in [0.2, 0.25) is 11.8 Å². The van der Waals surface area contributed by atoms with Crippen molar-refractivity contribution < 1.29 is 14.3 Å². The van der Waals surface area contributed by atoms with E-state index in [0.717, 1.165) is 38.4 Å². The molecule has 168 valence electrons. The average molecular weight is 523 g/mol. The Morgan fingerprint density at radius 1 is 1.00 bits per heavy atom. The van der Waals surface area contributed by atoms with Gasteiger partial charge < -0.3 is 25.2 Å². The van der Waals surface area contributed by atoms with Crippen molar-refractivity contribution in [3.63, 3.8) is 0 Å². The van der Waals surface area contributed by atoms with E-state index in [-0.39, 0.29) is 41.7 Å². The number of rotatable bonds is 6. The van der Waals surface area contributed by atoms with E-state index in [9.17, 15) is 9.59 Å². The third-order valence-electron chi connectivity index (χ3n) is 5.38. The summed E-state index contributed by atoms with van der Waals surface area (Å²) in [6.07, 6.45) is 1.67. The standard InChI is InChI=1S/C20H37N5O3.HI/c1-5-21-18(27)20(3,4)15-23-19(22-6-2)25-9-7-16(8-10-25)17(26)24-11-13-28-14-12-24;/h16H,5-15H2,1-4H3,(H,21,27)(H,22,23);1H. The molecule has 0 aliphatic carbocycles. The third kappa shape index (κ3) is 7.58. The maximum atomic E-state index is 12.7. The molecule has 2 heterocycles. The van der Waals surface area contributed by atoms with E-state index in [0.29, 0.717) is 39.4 Å². The summed E-state index contributed by atoms with van der Waals surface area (Å²) in [5.74, 6) is 1.20. The largest absolute Gasteiger partial charge is 0.378 e. The highest BCUT2D eigenvalue weighted by Crippen LogP contribution is 2.21. The molecule has 2 saturated heterocycles. The van der Waals surface area contributed by atoms with E-state index >= 15 is 0 Å². The van der Waals surface area contributed by atoms with Crippen molar-refractivity contribution in [1.82, 2.24) is 20.4 Å². The van der Waals surface area contributed by atoms with Crippen LogP contribution in [0.25, 0.3) is 0 Å². The highest BCUT2D eigenvalue weighted by atomic mass is 127. The van der Waals surface area contributed by atoms with Gasteiger partial charge in [0.15, 0.2) is 5.96 Å². The molecule has 0 aromatic heterocycles. The molecule has 2 aliphatic heterocycles. The van der Waals surface area contributed by atoms with Crippen LogP contribution in [0, 0.1) is 11.3 Å². The van der Waals surface area contributed by atoms with Crippen LogP contribution in [-0.2, 0) is 14.3 Å². The predicted molar refractivity (Wildman–Crippen MR) is 126 cm³/mol. The van der Waals surface area contributed by atoms with Gasteiger partial charge in [-0.1, -0.05) is 0 Å². The van der Waals surface area contributed by atoms with Crippen molar-refractivity contribution in [3.8, 4) is 0 Å². The number of likely N-dealkylation sites (tertiary alicyclic amines) is 1. The minimum Gasteiger partial charge on any atom is -0.378 e. The minimum atomic E-state index is -0.554. The minimum absolute atomic E-state index is 0. The SMILES string of the molecule is CCNC(=O)C(C)(C)CN=C(NCC)N1CCC(C(=O)N2CCOCC2)CC1.I. The number of amides is 2. The number of carbonyl (C=O) groups is 2. The van der Waals surface area contributed by atoms with Crippen LogP contribution in [0.4, 0.5) is 0 Å². The number of morpholine rings is 1. The molecule has 2 N–H and O–H groups in total. The van der Waals surface area contributed by atoms with Crippen LogP contribution in [0.1, 0.15) is 40.5 Å². The molecule has 0 saturated carbocycles. The van der Waals surface area contributed by atoms with Gasteiger partial charge in [-0.2, -0.15) is 0 Å². The molecule has 2 fully saturated rings. The number of aliphatic imine (C=N–C) groups is 1. The van der Waals surface area contributed by atoms with Gasteiger partial charge in [-0.15, -0.1) is 24.0 Å². The number of hydrogen-bond donors (Lipinski definition) is 2. The van der Waals surface area contributed by atoms with Gasteiger partial charge >= 0.3 is 0 Å². The number of ether oxygens (including phenoxy) is 1. The van der Waals surface area contributed by atoms with E-state index in [1.807, 2.05) is 32.6 Å². The third-order valence-corrected chi connectivity index (χ3v) is 5.38. The molecule has 29 heavy (non-hydrogen) atoms. The Morgan fingerprint density at radius 2 is 1.59 bits per heavy atom. The van der Waals surface area contributed by atoms with Crippen LogP contribution >= 0.6 is 24.0 Å². The second-order valence-electron chi connectivity index (χ2n) is 8.11. The number of guanidine groups is 1. The summed E-state index contributed by atoms with van der Waals surface area (Å²) in [5, 5.41) is 6.21. The monoisotopic (exact) mass is 523 g/mol. The Labute approximate surface area is 192 Å². The fraction of sp³-hybridized carbons (Fsp3) is 0.850. The Balaban J connectivity index is 0.00000420. The summed E-state index contributed by atoms with van der Waals surface area (Å²) in [6, 6.07) is 0. The maximum Gasteiger partial charge on any atom is 0.227 e. The molecule has 0 aromatic carbocycles. The first-order valence-electron chi connectivity index (χ1n) is 10.6. The zero-order valence-corrected chi connectivity index (χ0v) is 20.7. The number of hydrogen-bond acceptors (Lipinski definition) is 4. The van der Waals surface area contributed by atoms with Crippen LogP contribution in [0.15, 0.2) is 4.99 Å². The molecular weight excluding hydrogens is 485 g/mol. The fourth-order valence-electron chi connectivity index (χ4n) is 3.55. The van der Waals surface area contributed by atoms with Crippen LogP contribution in [-0.4, -0.2) is 86.6 Å². The van der Waals surface area contributed by atoms with Crippen molar-refractivity contribution in [2.75, 3.05) is 59.0 Å². The Kier molecular flexibility index (Phi) is 11.2. The normalized spacial score (nSPS) is 18.8. The molecule has 8 nitrogen and oxygen atoms in total. The van der Waals surface area contributed by atoms with Crippen LogP contribution in [0.5, 0.6) is 0 Å². The topological polar surface area (TPSA) is 86.3 Å². The van der Waals surface area contributed by atoms with Crippen LogP contribution < -0.4 is 10.6 Å². The second kappa shape index (κ2) is 12.6. The Hall–Kier alpha value is -1.10. The highest BCUT2D eigenvalue weighted by Gasteiger charge is 2.31. The number of piperidine rings is 1. The van der Waals surface area contributed by atoms with Gasteiger partial charge in [0, 0.05) is 45.2 Å². The zero-order chi connectivity index (χ0) is 20.6. The molecule has 0 atom stereocenters. The van der Waals surface area contributed by atoms with E-state index < -0.39 is 5.41 Å². The van der Waals surface area contributed by atoms with Gasteiger partial charge in [-0.25, -0.2) is 0 Å². The van der Waals surface area contributed by atoms with Crippen molar-refractivity contribution in [2.45, 2.75) is 40.5 Å². The molecule has 0 radical (unpaired) electrons. The molecular formula is C20H38IN5O3. The van der Waals surface area contributed by atoms with E-state index in [4.69, 9.17) is 9.73 Å². The zero-order valence-electron chi connectivity index (χ0n) is 18.3. The first-order valence-corrected chi connectivity index (χ1v) is 10.6. The van der Waals surface area contributed by atoms with Crippen molar-refractivity contribution in [2.24, 2.45) is 16.3 Å². The molecule has 0 bridgehead atoms. The first kappa shape index (κ1) is 25.9. The fourth-order valence-corrected chi connectivity index (χ4v) is 3.55. The van der Waals surface area contributed by atoms with Crippen LogP contribution in [0.3, 0.4) is 0 Å². The lowest BCUT2D eigenvalue weighted by atomic mass is 9.92. The van der Waals surface area contributed by atoms with Gasteiger partial charge in [-0.05, 0) is 40.5 Å². The van der Waals surface area contributed by atoms with E-state index in [1.165, 1.54) is 0 Å². The summed E-state index contributed by atoms with van der Waals surface area (Å²) in [6.45, 7) is 13.9. The van der Waals surface area contributed by atoms with E-state index in [1.54, 1.807) is 0 Å². The second-order valence-corrected chi connectivity index (χ2v) is 8.11. The summed E-state index contributed by atoms with van der Waals surface area (Å²) < 4.78 is 5.34. The van der Waals surface area contributed by atoms with Gasteiger partial charge in [-0.3, -0.25) is 14.6 Å². The number of nitrogens with zero attached hydrogens (tertiary/aromatic N) is 3. The summed E-state index contributed by atoms with van der Waals surface area (Å²) in [7, 11) is 0. The van der Waals surface area contributed by atoms with Crippen molar-refractivity contribution in [3.05, 3.63) is 0 Å². The lowest BCUT2D eigenvalue weighted by molar-refractivity contribution is -0.140.